The number of fused-ring (bicyclic) bond motifs is 1. The van der Waals surface area contributed by atoms with Crippen LogP contribution in [0.5, 0.6) is 5.75 Å². The van der Waals surface area contributed by atoms with Crippen molar-refractivity contribution in [2.75, 3.05) is 25.1 Å². The van der Waals surface area contributed by atoms with Gasteiger partial charge in [0.15, 0.2) is 12.0 Å². The third-order valence-corrected chi connectivity index (χ3v) is 7.71. The lowest BCUT2D eigenvalue weighted by Gasteiger charge is -2.22. The van der Waals surface area contributed by atoms with Crippen LogP contribution in [-0.4, -0.2) is 45.5 Å². The topological polar surface area (TPSA) is 91.2 Å². The highest BCUT2D eigenvalue weighted by Gasteiger charge is 2.36. The molecule has 2 aliphatic heterocycles. The Kier molecular flexibility index (Phi) is 7.55. The third kappa shape index (κ3) is 5.60. The second-order valence-corrected chi connectivity index (χ2v) is 10.4. The molecule has 1 fully saturated rings. The van der Waals surface area contributed by atoms with E-state index in [0.29, 0.717) is 18.3 Å². The molecule has 2 aromatic carbocycles. The molecule has 1 saturated heterocycles. The number of anilines is 1. The molecule has 6 rings (SSSR count). The Morgan fingerprint density at radius 1 is 1.12 bits per heavy atom. The van der Waals surface area contributed by atoms with Crippen molar-refractivity contribution >= 4 is 11.7 Å². The maximum atomic E-state index is 14.8. The summed E-state index contributed by atoms with van der Waals surface area (Å²) in [7, 11) is 0. The standard InChI is InChI=1S/C31H32FN5O3/c1-20-7-8-24(40-16-12-21-10-14-39-15-11-21)18-25(20)23-9-13-33-28(17-23)34-31(38)29-35-30-26(32)19-27(37(30)36-29)22-5-3-2-4-6-22/h2-9,13,17-18,21,26-27H,10-12,14-16,19H2,1H3,(H,33,34,38)/t26-,27-/m0/s1. The summed E-state index contributed by atoms with van der Waals surface area (Å²) in [4.78, 5) is 21.6. The minimum absolute atomic E-state index is 0.0819. The number of benzene rings is 2. The number of nitrogens with zero attached hydrogens (tertiary/aromatic N) is 4. The molecule has 0 saturated carbocycles. The van der Waals surface area contributed by atoms with Gasteiger partial charge in [-0.1, -0.05) is 36.4 Å². The number of ether oxygens (including phenoxy) is 2. The molecule has 2 aromatic heterocycles. The SMILES string of the molecule is Cc1ccc(OCCC2CCOCC2)cc1-c1ccnc(NC(=O)c2nc3n(n2)[C@H](c2ccccc2)C[C@@H]3F)c1. The molecule has 4 aromatic rings. The number of nitrogens with one attached hydrogen (secondary N) is 1. The highest BCUT2D eigenvalue weighted by Crippen LogP contribution is 2.39. The van der Waals surface area contributed by atoms with Crippen molar-refractivity contribution in [1.29, 1.82) is 0 Å². The molecule has 0 bridgehead atoms. The van der Waals surface area contributed by atoms with Crippen LogP contribution in [0.1, 0.15) is 65.5 Å². The highest BCUT2D eigenvalue weighted by molar-refractivity contribution is 6.01. The van der Waals surface area contributed by atoms with E-state index in [0.717, 1.165) is 60.5 Å². The van der Waals surface area contributed by atoms with E-state index in [1.165, 1.54) is 4.68 Å². The summed E-state index contributed by atoms with van der Waals surface area (Å²) in [5, 5.41) is 7.14. The zero-order valence-electron chi connectivity index (χ0n) is 22.4. The Balaban J connectivity index is 1.15. The lowest BCUT2D eigenvalue weighted by molar-refractivity contribution is 0.0593. The number of carbonyl (C=O) groups excluding carboxylic acids is 1. The molecule has 40 heavy (non-hydrogen) atoms. The summed E-state index contributed by atoms with van der Waals surface area (Å²) in [5.74, 6) is 1.37. The van der Waals surface area contributed by atoms with Gasteiger partial charge in [-0.15, -0.1) is 5.10 Å². The maximum absolute atomic E-state index is 14.8. The van der Waals surface area contributed by atoms with Gasteiger partial charge in [-0.3, -0.25) is 4.79 Å². The molecule has 2 atom stereocenters. The van der Waals surface area contributed by atoms with Gasteiger partial charge in [-0.25, -0.2) is 19.0 Å². The van der Waals surface area contributed by atoms with Crippen molar-refractivity contribution in [3.63, 3.8) is 0 Å². The number of rotatable bonds is 8. The van der Waals surface area contributed by atoms with Crippen LogP contribution in [0.25, 0.3) is 11.1 Å². The van der Waals surface area contributed by atoms with Gasteiger partial charge in [-0.05, 0) is 78.6 Å². The molecular weight excluding hydrogens is 509 g/mol. The average molecular weight is 542 g/mol. The van der Waals surface area contributed by atoms with E-state index in [9.17, 15) is 9.18 Å². The van der Waals surface area contributed by atoms with E-state index in [-0.39, 0.29) is 24.1 Å². The van der Waals surface area contributed by atoms with Gasteiger partial charge in [-0.2, -0.15) is 0 Å². The third-order valence-electron chi connectivity index (χ3n) is 7.71. The molecule has 0 unspecified atom stereocenters. The number of hydrogen-bond donors (Lipinski definition) is 1. The second kappa shape index (κ2) is 11.6. The smallest absolute Gasteiger partial charge is 0.296 e. The van der Waals surface area contributed by atoms with Crippen molar-refractivity contribution in [3.05, 3.63) is 89.6 Å². The fourth-order valence-corrected chi connectivity index (χ4v) is 5.45. The van der Waals surface area contributed by atoms with Gasteiger partial charge in [0, 0.05) is 25.8 Å². The van der Waals surface area contributed by atoms with Crippen LogP contribution in [0, 0.1) is 12.8 Å². The quantitative estimate of drug-likeness (QED) is 0.290. The summed E-state index contributed by atoms with van der Waals surface area (Å²) < 4.78 is 27.8. The normalized spacial score (nSPS) is 18.9. The Morgan fingerprint density at radius 3 is 2.77 bits per heavy atom. The Morgan fingerprint density at radius 2 is 1.95 bits per heavy atom. The van der Waals surface area contributed by atoms with Crippen molar-refractivity contribution in [1.82, 2.24) is 19.7 Å². The number of amides is 1. The van der Waals surface area contributed by atoms with Gasteiger partial charge < -0.3 is 14.8 Å². The maximum Gasteiger partial charge on any atom is 0.296 e. The van der Waals surface area contributed by atoms with Crippen LogP contribution >= 0.6 is 0 Å². The van der Waals surface area contributed by atoms with Gasteiger partial charge in [0.1, 0.15) is 11.6 Å². The van der Waals surface area contributed by atoms with E-state index >= 15 is 0 Å². The van der Waals surface area contributed by atoms with Crippen LogP contribution in [0.15, 0.2) is 66.9 Å². The summed E-state index contributed by atoms with van der Waals surface area (Å²) in [6.45, 7) is 4.37. The zero-order valence-corrected chi connectivity index (χ0v) is 22.4. The average Bonchev–Trinajstić information content (AvgIpc) is 3.56. The fourth-order valence-electron chi connectivity index (χ4n) is 5.45. The Labute approximate surface area is 232 Å². The van der Waals surface area contributed by atoms with Crippen LogP contribution in [0.4, 0.5) is 10.2 Å². The number of pyridine rings is 1. The van der Waals surface area contributed by atoms with E-state index in [4.69, 9.17) is 9.47 Å². The van der Waals surface area contributed by atoms with Crippen molar-refractivity contribution < 1.29 is 18.7 Å². The number of hydrogen-bond acceptors (Lipinski definition) is 6. The number of halogens is 1. The predicted octanol–water partition coefficient (Wildman–Crippen LogP) is 6.10. The minimum Gasteiger partial charge on any atom is -0.494 e. The predicted molar refractivity (Wildman–Crippen MR) is 149 cm³/mol. The molecule has 2 aliphatic rings. The molecule has 1 N–H and O–H groups in total. The van der Waals surface area contributed by atoms with Gasteiger partial charge >= 0.3 is 0 Å². The minimum atomic E-state index is -1.28. The largest absolute Gasteiger partial charge is 0.494 e. The zero-order chi connectivity index (χ0) is 27.5. The highest BCUT2D eigenvalue weighted by atomic mass is 19.1. The molecule has 0 spiro atoms. The summed E-state index contributed by atoms with van der Waals surface area (Å²) in [6.07, 6.45) is 3.81. The number of alkyl halides is 1. The van der Waals surface area contributed by atoms with E-state index in [1.807, 2.05) is 61.5 Å². The second-order valence-electron chi connectivity index (χ2n) is 10.4. The number of carbonyl (C=O) groups is 1. The first-order valence-electron chi connectivity index (χ1n) is 13.8. The molecule has 0 aliphatic carbocycles. The van der Waals surface area contributed by atoms with Gasteiger partial charge in [0.25, 0.3) is 5.91 Å². The lowest BCUT2D eigenvalue weighted by Crippen LogP contribution is -2.17. The van der Waals surface area contributed by atoms with Crippen LogP contribution < -0.4 is 10.1 Å². The molecule has 1 amide bonds. The molecule has 206 valence electrons. The summed E-state index contributed by atoms with van der Waals surface area (Å²) in [6, 6.07) is 19.0. The van der Waals surface area contributed by atoms with Gasteiger partial charge in [0.05, 0.1) is 12.6 Å². The fraction of sp³-hybridized carbons (Fsp3) is 0.355. The molecule has 4 heterocycles. The lowest BCUT2D eigenvalue weighted by atomic mass is 9.97. The Bertz CT molecular complexity index is 1490. The summed E-state index contributed by atoms with van der Waals surface area (Å²) >= 11 is 0. The first-order chi connectivity index (χ1) is 19.5. The Hall–Kier alpha value is -4.11. The molecule has 8 nitrogen and oxygen atoms in total. The molecule has 0 radical (unpaired) electrons. The molecular formula is C31H32FN5O3. The van der Waals surface area contributed by atoms with Crippen LogP contribution in [0.3, 0.4) is 0 Å². The number of aromatic nitrogens is 4. The van der Waals surface area contributed by atoms with E-state index in [2.05, 4.69) is 20.4 Å². The van der Waals surface area contributed by atoms with Crippen LogP contribution in [0.2, 0.25) is 0 Å². The van der Waals surface area contributed by atoms with E-state index < -0.39 is 12.1 Å². The monoisotopic (exact) mass is 541 g/mol. The van der Waals surface area contributed by atoms with Crippen molar-refractivity contribution in [2.45, 2.75) is 44.8 Å². The van der Waals surface area contributed by atoms with E-state index in [1.54, 1.807) is 12.3 Å². The van der Waals surface area contributed by atoms with Gasteiger partial charge in [0.2, 0.25) is 5.82 Å². The van der Waals surface area contributed by atoms with Crippen LogP contribution in [-0.2, 0) is 4.74 Å². The van der Waals surface area contributed by atoms with Crippen molar-refractivity contribution in [2.24, 2.45) is 5.92 Å². The summed E-state index contributed by atoms with van der Waals surface area (Å²) in [5.41, 5.74) is 3.89. The van der Waals surface area contributed by atoms with Crippen molar-refractivity contribution in [3.8, 4) is 16.9 Å². The molecule has 9 heteroatoms. The first-order valence-corrected chi connectivity index (χ1v) is 13.8. The first kappa shape index (κ1) is 26.1. The number of aryl methyl sites for hydroxylation is 1.